The first-order chi connectivity index (χ1) is 10.1. The molecule has 1 aromatic heterocycles. The van der Waals surface area contributed by atoms with Crippen molar-refractivity contribution >= 4 is 0 Å². The fraction of sp³-hybridized carbons (Fsp3) is 0.500. The molecule has 0 aliphatic carbocycles. The van der Waals surface area contributed by atoms with Crippen LogP contribution in [-0.2, 0) is 6.42 Å². The largest absolute Gasteiger partial charge is 0.339 e. The Hall–Kier alpha value is -1.75. The summed E-state index contributed by atoms with van der Waals surface area (Å²) in [7, 11) is 0. The maximum Gasteiger partial charge on any atom is 0.228 e. The van der Waals surface area contributed by atoms with Gasteiger partial charge in [0.25, 0.3) is 0 Å². The third-order valence-electron chi connectivity index (χ3n) is 3.37. The zero-order valence-corrected chi connectivity index (χ0v) is 12.8. The maximum absolute atomic E-state index is 13.4. The molecule has 2 rings (SSSR count). The van der Waals surface area contributed by atoms with Crippen LogP contribution in [0, 0.1) is 12.7 Å². The van der Waals surface area contributed by atoms with Gasteiger partial charge in [-0.1, -0.05) is 19.0 Å². The van der Waals surface area contributed by atoms with Crippen molar-refractivity contribution in [3.8, 4) is 11.4 Å². The molecule has 0 fully saturated rings. The average Bonchev–Trinajstić information content (AvgIpc) is 2.91. The molecule has 2 aromatic rings. The third kappa shape index (κ3) is 4.36. The Morgan fingerprint density at radius 2 is 2.10 bits per heavy atom. The van der Waals surface area contributed by atoms with E-state index in [-0.39, 0.29) is 5.82 Å². The number of nitrogens with one attached hydrogen (secondary N) is 1. The monoisotopic (exact) mass is 291 g/mol. The van der Waals surface area contributed by atoms with Gasteiger partial charge in [0.1, 0.15) is 5.82 Å². The Morgan fingerprint density at radius 3 is 2.76 bits per heavy atom. The summed E-state index contributed by atoms with van der Waals surface area (Å²) in [5.74, 6) is 0.743. The molecule has 0 aliphatic heterocycles. The summed E-state index contributed by atoms with van der Waals surface area (Å²) in [5, 5.41) is 7.40. The molecule has 1 unspecified atom stereocenters. The van der Waals surface area contributed by atoms with E-state index in [1.165, 1.54) is 12.1 Å². The van der Waals surface area contributed by atoms with Gasteiger partial charge in [0.2, 0.25) is 11.7 Å². The Morgan fingerprint density at radius 1 is 1.29 bits per heavy atom. The summed E-state index contributed by atoms with van der Waals surface area (Å²) in [6, 6.07) is 5.08. The molecule has 0 spiro atoms. The summed E-state index contributed by atoms with van der Waals surface area (Å²) >= 11 is 0. The first kappa shape index (κ1) is 15.6. The Bertz CT molecular complexity index is 562. The smallest absolute Gasteiger partial charge is 0.228 e. The van der Waals surface area contributed by atoms with E-state index in [2.05, 4.69) is 29.3 Å². The second-order valence-corrected chi connectivity index (χ2v) is 5.29. The molecular formula is C16H22FN3O. The fourth-order valence-corrected chi connectivity index (χ4v) is 2.24. The number of hydrogen-bond acceptors (Lipinski definition) is 4. The highest BCUT2D eigenvalue weighted by Gasteiger charge is 2.14. The van der Waals surface area contributed by atoms with Crippen molar-refractivity contribution in [3.63, 3.8) is 0 Å². The molecule has 0 aliphatic rings. The van der Waals surface area contributed by atoms with Gasteiger partial charge in [-0.3, -0.25) is 0 Å². The highest BCUT2D eigenvalue weighted by molar-refractivity contribution is 5.55. The van der Waals surface area contributed by atoms with Crippen LogP contribution in [-0.4, -0.2) is 22.7 Å². The summed E-state index contributed by atoms with van der Waals surface area (Å²) in [6.07, 6.45) is 2.78. The lowest BCUT2D eigenvalue weighted by Gasteiger charge is -2.13. The summed E-state index contributed by atoms with van der Waals surface area (Å²) in [6.45, 7) is 7.08. The first-order valence-corrected chi connectivity index (χ1v) is 7.46. The maximum atomic E-state index is 13.4. The lowest BCUT2D eigenvalue weighted by molar-refractivity contribution is 0.354. The van der Waals surface area contributed by atoms with Crippen LogP contribution in [0.25, 0.3) is 11.4 Å². The molecule has 4 nitrogen and oxygen atoms in total. The SMILES string of the molecule is CCCNC(CC)Cc1nc(-c2cc(C)cc(F)c2)no1. The average molecular weight is 291 g/mol. The van der Waals surface area contributed by atoms with Crippen LogP contribution in [0.5, 0.6) is 0 Å². The van der Waals surface area contributed by atoms with Crippen LogP contribution < -0.4 is 5.32 Å². The topological polar surface area (TPSA) is 51.0 Å². The minimum atomic E-state index is -0.285. The molecule has 0 saturated carbocycles. The molecule has 5 heteroatoms. The van der Waals surface area contributed by atoms with E-state index in [0.717, 1.165) is 24.9 Å². The molecule has 0 amide bonds. The van der Waals surface area contributed by atoms with E-state index < -0.39 is 0 Å². The quantitative estimate of drug-likeness (QED) is 0.848. The molecular weight excluding hydrogens is 269 g/mol. The van der Waals surface area contributed by atoms with Gasteiger partial charge < -0.3 is 9.84 Å². The van der Waals surface area contributed by atoms with Gasteiger partial charge in [-0.25, -0.2) is 4.39 Å². The van der Waals surface area contributed by atoms with Crippen LogP contribution >= 0.6 is 0 Å². The minimum Gasteiger partial charge on any atom is -0.339 e. The van der Waals surface area contributed by atoms with Crippen molar-refractivity contribution in [1.29, 1.82) is 0 Å². The molecule has 1 heterocycles. The normalized spacial score (nSPS) is 12.6. The van der Waals surface area contributed by atoms with Gasteiger partial charge in [0.15, 0.2) is 0 Å². The fourth-order valence-electron chi connectivity index (χ4n) is 2.24. The predicted octanol–water partition coefficient (Wildman–Crippen LogP) is 3.50. The number of aromatic nitrogens is 2. The van der Waals surface area contributed by atoms with Crippen molar-refractivity contribution in [2.75, 3.05) is 6.54 Å². The Balaban J connectivity index is 2.10. The van der Waals surface area contributed by atoms with E-state index in [1.807, 2.05) is 13.0 Å². The zero-order valence-electron chi connectivity index (χ0n) is 12.8. The Kier molecular flexibility index (Phi) is 5.44. The summed E-state index contributed by atoms with van der Waals surface area (Å²) in [4.78, 5) is 4.37. The van der Waals surface area contributed by atoms with Gasteiger partial charge in [-0.05, 0) is 50.1 Å². The molecule has 0 radical (unpaired) electrons. The number of nitrogens with zero attached hydrogens (tertiary/aromatic N) is 2. The summed E-state index contributed by atoms with van der Waals surface area (Å²) in [5.41, 5.74) is 1.49. The lowest BCUT2D eigenvalue weighted by atomic mass is 10.1. The van der Waals surface area contributed by atoms with Crippen LogP contribution in [0.15, 0.2) is 22.7 Å². The molecule has 0 bridgehead atoms. The third-order valence-corrected chi connectivity index (χ3v) is 3.37. The van der Waals surface area contributed by atoms with Crippen molar-refractivity contribution in [3.05, 3.63) is 35.5 Å². The highest BCUT2D eigenvalue weighted by Crippen LogP contribution is 2.19. The molecule has 114 valence electrons. The second kappa shape index (κ2) is 7.31. The first-order valence-electron chi connectivity index (χ1n) is 7.46. The van der Waals surface area contributed by atoms with Gasteiger partial charge >= 0.3 is 0 Å². The van der Waals surface area contributed by atoms with Crippen LogP contribution in [0.1, 0.15) is 38.1 Å². The molecule has 21 heavy (non-hydrogen) atoms. The standard InChI is InChI=1S/C16H22FN3O/c1-4-6-18-14(5-2)10-15-19-16(20-21-15)12-7-11(3)8-13(17)9-12/h7-9,14,18H,4-6,10H2,1-3H3. The number of benzene rings is 1. The number of aryl methyl sites for hydroxylation is 1. The molecule has 1 N–H and O–H groups in total. The van der Waals surface area contributed by atoms with Crippen molar-refractivity contribution in [2.45, 2.75) is 46.1 Å². The lowest BCUT2D eigenvalue weighted by Crippen LogP contribution is -2.31. The van der Waals surface area contributed by atoms with Crippen molar-refractivity contribution in [2.24, 2.45) is 0 Å². The number of halogens is 1. The van der Waals surface area contributed by atoms with E-state index in [4.69, 9.17) is 4.52 Å². The second-order valence-electron chi connectivity index (χ2n) is 5.29. The van der Waals surface area contributed by atoms with Gasteiger partial charge in [-0.15, -0.1) is 0 Å². The molecule has 1 aromatic carbocycles. The van der Waals surface area contributed by atoms with Crippen LogP contribution in [0.2, 0.25) is 0 Å². The zero-order chi connectivity index (χ0) is 15.2. The van der Waals surface area contributed by atoms with Gasteiger partial charge in [0, 0.05) is 18.0 Å². The number of hydrogen-bond donors (Lipinski definition) is 1. The highest BCUT2D eigenvalue weighted by atomic mass is 19.1. The molecule has 1 atom stereocenters. The van der Waals surface area contributed by atoms with E-state index in [0.29, 0.717) is 29.7 Å². The van der Waals surface area contributed by atoms with Crippen LogP contribution in [0.3, 0.4) is 0 Å². The summed E-state index contributed by atoms with van der Waals surface area (Å²) < 4.78 is 18.7. The van der Waals surface area contributed by atoms with Crippen molar-refractivity contribution in [1.82, 2.24) is 15.5 Å². The number of rotatable bonds is 7. The van der Waals surface area contributed by atoms with Gasteiger partial charge in [0.05, 0.1) is 0 Å². The predicted molar refractivity (Wildman–Crippen MR) is 80.5 cm³/mol. The van der Waals surface area contributed by atoms with Gasteiger partial charge in [-0.2, -0.15) is 4.98 Å². The minimum absolute atomic E-state index is 0.285. The van der Waals surface area contributed by atoms with E-state index in [9.17, 15) is 4.39 Å². The van der Waals surface area contributed by atoms with E-state index >= 15 is 0 Å². The van der Waals surface area contributed by atoms with Crippen molar-refractivity contribution < 1.29 is 8.91 Å². The van der Waals surface area contributed by atoms with Crippen LogP contribution in [0.4, 0.5) is 4.39 Å². The molecule has 0 saturated heterocycles. The Labute approximate surface area is 124 Å². The van der Waals surface area contributed by atoms with E-state index in [1.54, 1.807) is 0 Å².